The van der Waals surface area contributed by atoms with Gasteiger partial charge in [-0.25, -0.2) is 5.48 Å². The van der Waals surface area contributed by atoms with Gasteiger partial charge in [-0.05, 0) is 12.3 Å². The van der Waals surface area contributed by atoms with E-state index in [2.05, 4.69) is 12.4 Å². The molecule has 1 amide bonds. The molecule has 2 rings (SSSR count). The summed E-state index contributed by atoms with van der Waals surface area (Å²) in [7, 11) is 0. The monoisotopic (exact) mass is 185 g/mol. The fraction of sp³-hybridized carbons (Fsp3) is 0.889. The highest BCUT2D eigenvalue weighted by Gasteiger charge is 2.39. The highest BCUT2D eigenvalue weighted by atomic mass is 16.7. The van der Waals surface area contributed by atoms with E-state index in [-0.39, 0.29) is 17.9 Å². The summed E-state index contributed by atoms with van der Waals surface area (Å²) in [5, 5.41) is 0. The van der Waals surface area contributed by atoms with Crippen LogP contribution in [0.3, 0.4) is 0 Å². The number of carbonyl (C=O) groups is 1. The third kappa shape index (κ3) is 2.19. The predicted molar refractivity (Wildman–Crippen MR) is 45.7 cm³/mol. The maximum absolute atomic E-state index is 11.3. The molecule has 1 saturated carbocycles. The van der Waals surface area contributed by atoms with Crippen molar-refractivity contribution in [3.63, 3.8) is 0 Å². The second kappa shape index (κ2) is 3.64. The van der Waals surface area contributed by atoms with E-state index in [1.165, 1.54) is 0 Å². The number of amides is 1. The van der Waals surface area contributed by atoms with Crippen LogP contribution >= 0.6 is 0 Å². The molecule has 1 heterocycles. The zero-order chi connectivity index (χ0) is 9.26. The molecule has 1 N–H and O–H groups in total. The van der Waals surface area contributed by atoms with Crippen LogP contribution in [0, 0.1) is 11.8 Å². The number of hydrogen-bond acceptors (Lipinski definition) is 3. The van der Waals surface area contributed by atoms with Crippen LogP contribution in [0.2, 0.25) is 0 Å². The summed E-state index contributed by atoms with van der Waals surface area (Å²) in [5.41, 5.74) is 2.50. The molecule has 1 aliphatic carbocycles. The molecule has 4 nitrogen and oxygen atoms in total. The zero-order valence-corrected chi connectivity index (χ0v) is 7.79. The van der Waals surface area contributed by atoms with Gasteiger partial charge in [0.1, 0.15) is 6.10 Å². The van der Waals surface area contributed by atoms with Crippen molar-refractivity contribution in [3.8, 4) is 0 Å². The fourth-order valence-electron chi connectivity index (χ4n) is 1.51. The van der Waals surface area contributed by atoms with Gasteiger partial charge in [-0.3, -0.25) is 9.63 Å². The van der Waals surface area contributed by atoms with E-state index < -0.39 is 0 Å². The number of rotatable bonds is 3. The Morgan fingerprint density at radius 1 is 1.62 bits per heavy atom. The van der Waals surface area contributed by atoms with Gasteiger partial charge in [-0.15, -0.1) is 0 Å². The number of hydrogen-bond donors (Lipinski definition) is 1. The lowest BCUT2D eigenvalue weighted by Crippen LogP contribution is -2.31. The molecular weight excluding hydrogens is 170 g/mol. The summed E-state index contributed by atoms with van der Waals surface area (Å²) in [6.07, 6.45) is 1.93. The largest absolute Gasteiger partial charge is 0.379 e. The summed E-state index contributed by atoms with van der Waals surface area (Å²) in [5.74, 6) is 0.741. The Labute approximate surface area is 77.5 Å². The molecule has 0 spiro atoms. The van der Waals surface area contributed by atoms with Crippen molar-refractivity contribution in [2.45, 2.75) is 25.9 Å². The minimum Gasteiger partial charge on any atom is -0.379 e. The lowest BCUT2D eigenvalue weighted by molar-refractivity contribution is -0.140. The second-order valence-electron chi connectivity index (χ2n) is 3.89. The quantitative estimate of drug-likeness (QED) is 0.650. The van der Waals surface area contributed by atoms with E-state index in [1.54, 1.807) is 0 Å². The summed E-state index contributed by atoms with van der Waals surface area (Å²) >= 11 is 0. The molecular formula is C9H15NO3. The molecule has 0 radical (unpaired) electrons. The smallest absolute Gasteiger partial charge is 0.246 e. The highest BCUT2D eigenvalue weighted by Crippen LogP contribution is 2.37. The molecule has 3 atom stereocenters. The Morgan fingerprint density at radius 3 is 2.92 bits per heavy atom. The molecule has 0 aromatic rings. The van der Waals surface area contributed by atoms with Gasteiger partial charge in [-0.2, -0.15) is 0 Å². The molecule has 0 bridgehead atoms. The van der Waals surface area contributed by atoms with Gasteiger partial charge in [0.2, 0.25) is 5.91 Å². The van der Waals surface area contributed by atoms with E-state index in [4.69, 9.17) is 9.57 Å². The standard InChI is InChI=1S/C9H15NO3/c1-6-4-8(6)9(11)10-13-7-2-3-12-5-7/h6-8H,2-5H2,1H3,(H,10,11)/t6-,7?,8-/m1/s1. The van der Waals surface area contributed by atoms with Gasteiger partial charge in [0.15, 0.2) is 0 Å². The Kier molecular flexibility index (Phi) is 2.51. The third-order valence-corrected chi connectivity index (χ3v) is 2.66. The van der Waals surface area contributed by atoms with Crippen molar-refractivity contribution >= 4 is 5.91 Å². The Hall–Kier alpha value is -0.610. The SMILES string of the molecule is C[C@@H]1C[C@H]1C(=O)NOC1CCOC1. The van der Waals surface area contributed by atoms with Crippen LogP contribution in [0.5, 0.6) is 0 Å². The van der Waals surface area contributed by atoms with Gasteiger partial charge in [-0.1, -0.05) is 6.92 Å². The van der Waals surface area contributed by atoms with Crippen LogP contribution in [0.1, 0.15) is 19.8 Å². The van der Waals surface area contributed by atoms with Crippen LogP contribution in [0.25, 0.3) is 0 Å². The molecule has 0 aromatic carbocycles. The first-order chi connectivity index (χ1) is 6.27. The maximum Gasteiger partial charge on any atom is 0.246 e. The Morgan fingerprint density at radius 2 is 2.38 bits per heavy atom. The number of carbonyl (C=O) groups excluding carboxylic acids is 1. The lowest BCUT2D eigenvalue weighted by Gasteiger charge is -2.09. The second-order valence-corrected chi connectivity index (χ2v) is 3.89. The first kappa shape index (κ1) is 8.97. The van der Waals surface area contributed by atoms with E-state index in [1.807, 2.05) is 0 Å². The fourth-order valence-corrected chi connectivity index (χ4v) is 1.51. The van der Waals surface area contributed by atoms with Gasteiger partial charge in [0, 0.05) is 18.9 Å². The Bertz CT molecular complexity index is 201. The molecule has 0 aromatic heterocycles. The van der Waals surface area contributed by atoms with E-state index >= 15 is 0 Å². The predicted octanol–water partition coefficient (Wildman–Crippen LogP) is 0.479. The molecule has 2 aliphatic rings. The van der Waals surface area contributed by atoms with E-state index in [9.17, 15) is 4.79 Å². The summed E-state index contributed by atoms with van der Waals surface area (Å²) in [4.78, 5) is 16.5. The van der Waals surface area contributed by atoms with Gasteiger partial charge in [0.25, 0.3) is 0 Å². The Balaban J connectivity index is 1.64. The summed E-state index contributed by atoms with van der Waals surface area (Å²) in [6, 6.07) is 0. The summed E-state index contributed by atoms with van der Waals surface area (Å²) < 4.78 is 5.11. The molecule has 13 heavy (non-hydrogen) atoms. The first-order valence-corrected chi connectivity index (χ1v) is 4.80. The van der Waals surface area contributed by atoms with Gasteiger partial charge >= 0.3 is 0 Å². The average Bonchev–Trinajstić information content (AvgIpc) is 2.68. The van der Waals surface area contributed by atoms with Crippen molar-refractivity contribution in [3.05, 3.63) is 0 Å². The first-order valence-electron chi connectivity index (χ1n) is 4.80. The minimum atomic E-state index is 0.0272. The molecule has 4 heteroatoms. The highest BCUT2D eigenvalue weighted by molar-refractivity contribution is 5.80. The van der Waals surface area contributed by atoms with Crippen molar-refractivity contribution in [2.75, 3.05) is 13.2 Å². The lowest BCUT2D eigenvalue weighted by atomic mass is 10.3. The van der Waals surface area contributed by atoms with Crippen molar-refractivity contribution in [2.24, 2.45) is 11.8 Å². The van der Waals surface area contributed by atoms with Crippen LogP contribution in [-0.4, -0.2) is 25.2 Å². The van der Waals surface area contributed by atoms with Gasteiger partial charge < -0.3 is 4.74 Å². The van der Waals surface area contributed by atoms with Crippen molar-refractivity contribution < 1.29 is 14.4 Å². The number of hydroxylamine groups is 1. The van der Waals surface area contributed by atoms with Crippen LogP contribution < -0.4 is 5.48 Å². The summed E-state index contributed by atoms with van der Waals surface area (Å²) in [6.45, 7) is 3.41. The van der Waals surface area contributed by atoms with Crippen molar-refractivity contribution in [1.82, 2.24) is 5.48 Å². The van der Waals surface area contributed by atoms with Crippen LogP contribution in [0.15, 0.2) is 0 Å². The third-order valence-electron chi connectivity index (χ3n) is 2.66. The maximum atomic E-state index is 11.3. The van der Waals surface area contributed by atoms with Crippen LogP contribution in [-0.2, 0) is 14.4 Å². The normalized spacial score (nSPS) is 37.5. The topological polar surface area (TPSA) is 47.6 Å². The number of nitrogens with one attached hydrogen (secondary N) is 1. The molecule has 2 fully saturated rings. The van der Waals surface area contributed by atoms with E-state index in [0.717, 1.165) is 19.4 Å². The molecule has 1 aliphatic heterocycles. The molecule has 1 saturated heterocycles. The van der Waals surface area contributed by atoms with Crippen molar-refractivity contribution in [1.29, 1.82) is 0 Å². The number of ether oxygens (including phenoxy) is 1. The average molecular weight is 185 g/mol. The molecule has 1 unspecified atom stereocenters. The van der Waals surface area contributed by atoms with E-state index in [0.29, 0.717) is 12.5 Å². The van der Waals surface area contributed by atoms with Gasteiger partial charge in [0.05, 0.1) is 6.61 Å². The van der Waals surface area contributed by atoms with Crippen LogP contribution in [0.4, 0.5) is 0 Å². The molecule has 74 valence electrons. The zero-order valence-electron chi connectivity index (χ0n) is 7.79. The minimum absolute atomic E-state index is 0.0272.